The lowest BCUT2D eigenvalue weighted by molar-refractivity contribution is -0.133. The second kappa shape index (κ2) is 6.39. The van der Waals surface area contributed by atoms with Crippen LogP contribution in [0.3, 0.4) is 0 Å². The first-order valence-corrected chi connectivity index (χ1v) is 6.99. The number of hydrogen-bond donors (Lipinski definition) is 1. The van der Waals surface area contributed by atoms with E-state index in [9.17, 15) is 4.79 Å². The smallest absolute Gasteiger partial charge is 0.222 e. The molecular formula is C14H28N2O. The Hall–Kier alpha value is -0.570. The number of hydrogen-bond acceptors (Lipinski definition) is 2. The largest absolute Gasteiger partial charge is 0.343 e. The highest BCUT2D eigenvalue weighted by atomic mass is 16.2. The van der Waals surface area contributed by atoms with Crippen molar-refractivity contribution >= 4 is 5.91 Å². The second-order valence-electron chi connectivity index (χ2n) is 6.10. The summed E-state index contributed by atoms with van der Waals surface area (Å²) in [7, 11) is 0. The van der Waals surface area contributed by atoms with Crippen molar-refractivity contribution in [1.29, 1.82) is 0 Å². The Morgan fingerprint density at radius 2 is 1.94 bits per heavy atom. The van der Waals surface area contributed by atoms with Gasteiger partial charge in [0.2, 0.25) is 5.91 Å². The first kappa shape index (κ1) is 14.5. The molecular weight excluding hydrogens is 212 g/mol. The van der Waals surface area contributed by atoms with Crippen molar-refractivity contribution < 1.29 is 4.79 Å². The Morgan fingerprint density at radius 1 is 1.35 bits per heavy atom. The molecule has 0 aromatic carbocycles. The molecule has 1 saturated heterocycles. The number of amides is 1. The number of nitrogens with two attached hydrogens (primary N) is 1. The number of rotatable bonds is 5. The highest BCUT2D eigenvalue weighted by molar-refractivity contribution is 5.76. The molecule has 0 saturated carbocycles. The van der Waals surface area contributed by atoms with E-state index in [4.69, 9.17) is 5.73 Å². The van der Waals surface area contributed by atoms with Crippen molar-refractivity contribution in [2.75, 3.05) is 13.1 Å². The summed E-state index contributed by atoms with van der Waals surface area (Å²) in [6.45, 7) is 8.10. The van der Waals surface area contributed by atoms with E-state index in [1.54, 1.807) is 0 Å². The van der Waals surface area contributed by atoms with Gasteiger partial charge in [0, 0.05) is 25.0 Å². The average Bonchev–Trinajstić information content (AvgIpc) is 2.26. The van der Waals surface area contributed by atoms with Gasteiger partial charge in [-0.2, -0.15) is 0 Å². The quantitative estimate of drug-likeness (QED) is 0.802. The van der Waals surface area contributed by atoms with E-state index in [1.807, 2.05) is 18.7 Å². The van der Waals surface area contributed by atoms with Crippen molar-refractivity contribution in [3.05, 3.63) is 0 Å². The maximum atomic E-state index is 12.0. The molecule has 0 unspecified atom stereocenters. The lowest BCUT2D eigenvalue weighted by atomic mass is 9.92. The Morgan fingerprint density at radius 3 is 2.41 bits per heavy atom. The molecule has 0 aromatic rings. The van der Waals surface area contributed by atoms with Crippen LogP contribution in [0.1, 0.15) is 59.3 Å². The van der Waals surface area contributed by atoms with Gasteiger partial charge in [0.05, 0.1) is 0 Å². The molecule has 1 fully saturated rings. The van der Waals surface area contributed by atoms with E-state index in [0.717, 1.165) is 25.4 Å². The van der Waals surface area contributed by atoms with Crippen LogP contribution in [0.25, 0.3) is 0 Å². The summed E-state index contributed by atoms with van der Waals surface area (Å²) in [6.07, 6.45) is 6.33. The molecule has 0 radical (unpaired) electrons. The Labute approximate surface area is 106 Å². The predicted molar refractivity (Wildman–Crippen MR) is 71.7 cm³/mol. The van der Waals surface area contributed by atoms with E-state index in [-0.39, 0.29) is 5.54 Å². The summed E-state index contributed by atoms with van der Waals surface area (Å²) in [5, 5.41) is 0. The third kappa shape index (κ3) is 5.53. The molecule has 0 spiro atoms. The molecule has 2 N–H and O–H groups in total. The fourth-order valence-corrected chi connectivity index (χ4v) is 2.47. The number of carbonyl (C=O) groups is 1. The first-order valence-electron chi connectivity index (χ1n) is 6.99. The molecule has 0 aromatic heterocycles. The van der Waals surface area contributed by atoms with Crippen molar-refractivity contribution in [1.82, 2.24) is 4.90 Å². The zero-order valence-electron chi connectivity index (χ0n) is 11.7. The number of likely N-dealkylation sites (tertiary alicyclic amines) is 1. The zero-order chi connectivity index (χ0) is 12.9. The molecule has 1 aliphatic heterocycles. The molecule has 100 valence electrons. The van der Waals surface area contributed by atoms with Crippen LogP contribution in [0.5, 0.6) is 0 Å². The number of carbonyl (C=O) groups excluding carboxylic acids is 1. The van der Waals surface area contributed by atoms with E-state index in [0.29, 0.717) is 12.3 Å². The van der Waals surface area contributed by atoms with Gasteiger partial charge in [-0.3, -0.25) is 4.79 Å². The molecule has 1 heterocycles. The van der Waals surface area contributed by atoms with Gasteiger partial charge in [-0.1, -0.05) is 19.8 Å². The van der Waals surface area contributed by atoms with Crippen LogP contribution in [0.2, 0.25) is 0 Å². The van der Waals surface area contributed by atoms with Crippen LogP contribution in [0.15, 0.2) is 0 Å². The van der Waals surface area contributed by atoms with Gasteiger partial charge in [-0.05, 0) is 39.0 Å². The maximum absolute atomic E-state index is 12.0. The molecule has 3 nitrogen and oxygen atoms in total. The highest BCUT2D eigenvalue weighted by Crippen LogP contribution is 2.22. The summed E-state index contributed by atoms with van der Waals surface area (Å²) in [4.78, 5) is 14.0. The molecule has 0 aliphatic carbocycles. The number of piperidine rings is 1. The lowest BCUT2D eigenvalue weighted by Crippen LogP contribution is -2.40. The minimum Gasteiger partial charge on any atom is -0.343 e. The fourth-order valence-electron chi connectivity index (χ4n) is 2.47. The maximum Gasteiger partial charge on any atom is 0.222 e. The van der Waals surface area contributed by atoms with Gasteiger partial charge in [0.15, 0.2) is 0 Å². The molecule has 0 bridgehead atoms. The third-order valence-corrected chi connectivity index (χ3v) is 3.65. The van der Waals surface area contributed by atoms with Crippen molar-refractivity contribution in [2.45, 2.75) is 64.8 Å². The summed E-state index contributed by atoms with van der Waals surface area (Å²) in [5.74, 6) is 1.13. The van der Waals surface area contributed by atoms with E-state index < -0.39 is 0 Å². The van der Waals surface area contributed by atoms with Gasteiger partial charge in [-0.25, -0.2) is 0 Å². The second-order valence-corrected chi connectivity index (χ2v) is 6.10. The van der Waals surface area contributed by atoms with Crippen molar-refractivity contribution in [3.8, 4) is 0 Å². The molecule has 3 heteroatoms. The summed E-state index contributed by atoms with van der Waals surface area (Å²) < 4.78 is 0. The van der Waals surface area contributed by atoms with Crippen LogP contribution >= 0.6 is 0 Å². The normalized spacial score (nSPS) is 18.5. The van der Waals surface area contributed by atoms with Gasteiger partial charge in [0.25, 0.3) is 0 Å². The Kier molecular flexibility index (Phi) is 5.44. The molecule has 17 heavy (non-hydrogen) atoms. The van der Waals surface area contributed by atoms with Crippen LogP contribution in [-0.2, 0) is 4.79 Å². The van der Waals surface area contributed by atoms with Crippen LogP contribution in [-0.4, -0.2) is 29.4 Å². The standard InChI is InChI=1S/C14H28N2O/c1-4-5-12-7-10-16(11-8-12)13(17)6-9-14(2,3)15/h12H,4-11,15H2,1-3H3. The van der Waals surface area contributed by atoms with E-state index >= 15 is 0 Å². The minimum absolute atomic E-state index is 0.226. The molecule has 1 amide bonds. The Bertz CT molecular complexity index is 237. The van der Waals surface area contributed by atoms with Crippen LogP contribution in [0.4, 0.5) is 0 Å². The SMILES string of the molecule is CCCC1CCN(C(=O)CCC(C)(C)N)CC1. The monoisotopic (exact) mass is 240 g/mol. The Balaban J connectivity index is 2.26. The minimum atomic E-state index is -0.226. The fraction of sp³-hybridized carbons (Fsp3) is 0.929. The lowest BCUT2D eigenvalue weighted by Gasteiger charge is -2.32. The number of nitrogens with zero attached hydrogens (tertiary/aromatic N) is 1. The summed E-state index contributed by atoms with van der Waals surface area (Å²) in [5.41, 5.74) is 5.68. The molecule has 1 rings (SSSR count). The first-order chi connectivity index (χ1) is 7.92. The zero-order valence-corrected chi connectivity index (χ0v) is 11.7. The molecule has 0 atom stereocenters. The van der Waals surface area contributed by atoms with E-state index in [2.05, 4.69) is 6.92 Å². The summed E-state index contributed by atoms with van der Waals surface area (Å²) >= 11 is 0. The highest BCUT2D eigenvalue weighted by Gasteiger charge is 2.23. The van der Waals surface area contributed by atoms with Crippen LogP contribution < -0.4 is 5.73 Å². The van der Waals surface area contributed by atoms with Crippen molar-refractivity contribution in [3.63, 3.8) is 0 Å². The third-order valence-electron chi connectivity index (χ3n) is 3.65. The topological polar surface area (TPSA) is 46.3 Å². The van der Waals surface area contributed by atoms with Gasteiger partial charge in [0.1, 0.15) is 0 Å². The predicted octanol–water partition coefficient (Wildman–Crippen LogP) is 2.54. The van der Waals surface area contributed by atoms with E-state index in [1.165, 1.54) is 25.7 Å². The van der Waals surface area contributed by atoms with Crippen LogP contribution in [0, 0.1) is 5.92 Å². The summed E-state index contributed by atoms with van der Waals surface area (Å²) in [6, 6.07) is 0. The van der Waals surface area contributed by atoms with Gasteiger partial charge in [-0.15, -0.1) is 0 Å². The van der Waals surface area contributed by atoms with Crippen molar-refractivity contribution in [2.24, 2.45) is 11.7 Å². The van der Waals surface area contributed by atoms with Gasteiger partial charge >= 0.3 is 0 Å². The average molecular weight is 240 g/mol. The molecule has 1 aliphatic rings. The van der Waals surface area contributed by atoms with Gasteiger partial charge < -0.3 is 10.6 Å².